The van der Waals surface area contributed by atoms with Crippen LogP contribution in [0.15, 0.2) is 35.1 Å². The molecule has 1 fully saturated rings. The fourth-order valence-corrected chi connectivity index (χ4v) is 2.70. The molecule has 1 saturated heterocycles. The van der Waals surface area contributed by atoms with E-state index in [1.807, 2.05) is 4.90 Å². The number of amides is 1. The summed E-state index contributed by atoms with van der Waals surface area (Å²) in [4.78, 5) is 25.2. The summed E-state index contributed by atoms with van der Waals surface area (Å²) in [5, 5.41) is 8.17. The Hall–Kier alpha value is -2.84. The second kappa shape index (κ2) is 6.58. The van der Waals surface area contributed by atoms with Crippen molar-refractivity contribution in [1.82, 2.24) is 10.2 Å². The van der Waals surface area contributed by atoms with E-state index in [4.69, 9.17) is 0 Å². The normalized spacial score (nSPS) is 14.6. The van der Waals surface area contributed by atoms with Crippen LogP contribution >= 0.6 is 0 Å². The average Bonchev–Trinajstić information content (AvgIpc) is 3.08. The number of aromatic amines is 1. The van der Waals surface area contributed by atoms with E-state index in [2.05, 4.69) is 15.5 Å². The average molecular weight is 352 g/mol. The zero-order valence-electron chi connectivity index (χ0n) is 13.1. The standard InChI is InChI=1S/C16H15F3N4O2/c17-16(18,19)10-3-5-13(23-7-1-2-8-23)12(9-10)20-15(25)11-4-6-14(24)22-21-11/h3-6,9H,1-2,7-8H2,(H,20,25)(H,22,24). The largest absolute Gasteiger partial charge is 0.416 e. The molecule has 1 amide bonds. The number of alkyl halides is 3. The zero-order valence-corrected chi connectivity index (χ0v) is 13.1. The van der Waals surface area contributed by atoms with E-state index in [0.717, 1.165) is 31.0 Å². The van der Waals surface area contributed by atoms with Crippen molar-refractivity contribution in [1.29, 1.82) is 0 Å². The highest BCUT2D eigenvalue weighted by Crippen LogP contribution is 2.36. The van der Waals surface area contributed by atoms with Crippen LogP contribution in [-0.2, 0) is 6.18 Å². The van der Waals surface area contributed by atoms with Gasteiger partial charge in [-0.3, -0.25) is 9.59 Å². The molecule has 2 N–H and O–H groups in total. The van der Waals surface area contributed by atoms with Crippen LogP contribution in [0.4, 0.5) is 24.5 Å². The number of hydrogen-bond donors (Lipinski definition) is 2. The Labute approximate surface area is 140 Å². The molecule has 0 bridgehead atoms. The summed E-state index contributed by atoms with van der Waals surface area (Å²) in [6.07, 6.45) is -2.63. The van der Waals surface area contributed by atoms with Gasteiger partial charge in [-0.25, -0.2) is 5.10 Å². The van der Waals surface area contributed by atoms with Gasteiger partial charge in [-0.2, -0.15) is 18.3 Å². The van der Waals surface area contributed by atoms with E-state index in [1.54, 1.807) is 0 Å². The van der Waals surface area contributed by atoms with Gasteiger partial charge in [-0.05, 0) is 37.1 Å². The van der Waals surface area contributed by atoms with Crippen molar-refractivity contribution < 1.29 is 18.0 Å². The third kappa shape index (κ3) is 3.81. The Morgan fingerprint density at radius 1 is 1.16 bits per heavy atom. The highest BCUT2D eigenvalue weighted by atomic mass is 19.4. The first-order valence-electron chi connectivity index (χ1n) is 7.68. The lowest BCUT2D eigenvalue weighted by Crippen LogP contribution is -2.23. The molecule has 0 unspecified atom stereocenters. The second-order valence-electron chi connectivity index (χ2n) is 5.68. The minimum absolute atomic E-state index is 0.0646. The Balaban J connectivity index is 1.94. The van der Waals surface area contributed by atoms with E-state index in [1.165, 1.54) is 12.1 Å². The van der Waals surface area contributed by atoms with Crippen LogP contribution in [0, 0.1) is 0 Å². The smallest absolute Gasteiger partial charge is 0.370 e. The van der Waals surface area contributed by atoms with E-state index in [9.17, 15) is 22.8 Å². The van der Waals surface area contributed by atoms with Crippen molar-refractivity contribution in [2.75, 3.05) is 23.3 Å². The number of benzene rings is 1. The number of carbonyl (C=O) groups excluding carboxylic acids is 1. The second-order valence-corrected chi connectivity index (χ2v) is 5.68. The number of nitrogens with zero attached hydrogens (tertiary/aromatic N) is 2. The van der Waals surface area contributed by atoms with Crippen molar-refractivity contribution in [2.45, 2.75) is 19.0 Å². The maximum absolute atomic E-state index is 13.0. The van der Waals surface area contributed by atoms with Gasteiger partial charge in [-0.1, -0.05) is 0 Å². The summed E-state index contributed by atoms with van der Waals surface area (Å²) in [6, 6.07) is 5.61. The summed E-state index contributed by atoms with van der Waals surface area (Å²) >= 11 is 0. The molecule has 1 aliphatic rings. The SMILES string of the molecule is O=C(Nc1cc(C(F)(F)F)ccc1N1CCCC1)c1ccc(=O)[nH]n1. The first-order valence-corrected chi connectivity index (χ1v) is 7.68. The van der Waals surface area contributed by atoms with Crippen LogP contribution in [-0.4, -0.2) is 29.2 Å². The molecule has 0 atom stereocenters. The summed E-state index contributed by atoms with van der Waals surface area (Å²) in [7, 11) is 0. The van der Waals surface area contributed by atoms with Gasteiger partial charge in [0.2, 0.25) is 0 Å². The van der Waals surface area contributed by atoms with E-state index in [0.29, 0.717) is 18.8 Å². The maximum atomic E-state index is 13.0. The van der Waals surface area contributed by atoms with Crippen LogP contribution in [0.3, 0.4) is 0 Å². The van der Waals surface area contributed by atoms with Crippen molar-refractivity contribution in [2.24, 2.45) is 0 Å². The Kier molecular flexibility index (Phi) is 4.47. The summed E-state index contributed by atoms with van der Waals surface area (Å²) in [6.45, 7) is 1.43. The van der Waals surface area contributed by atoms with Gasteiger partial charge in [-0.15, -0.1) is 0 Å². The molecular weight excluding hydrogens is 337 g/mol. The van der Waals surface area contributed by atoms with E-state index >= 15 is 0 Å². The lowest BCUT2D eigenvalue weighted by atomic mass is 10.1. The van der Waals surface area contributed by atoms with Gasteiger partial charge >= 0.3 is 6.18 Å². The number of H-pyrrole nitrogens is 1. The van der Waals surface area contributed by atoms with Gasteiger partial charge < -0.3 is 10.2 Å². The molecule has 1 aliphatic heterocycles. The van der Waals surface area contributed by atoms with Crippen LogP contribution in [0.1, 0.15) is 28.9 Å². The van der Waals surface area contributed by atoms with Gasteiger partial charge in [0.05, 0.1) is 16.9 Å². The predicted molar refractivity (Wildman–Crippen MR) is 85.7 cm³/mol. The van der Waals surface area contributed by atoms with E-state index < -0.39 is 23.2 Å². The van der Waals surface area contributed by atoms with Gasteiger partial charge in [0.1, 0.15) is 5.69 Å². The van der Waals surface area contributed by atoms with Crippen LogP contribution in [0.25, 0.3) is 0 Å². The summed E-state index contributed by atoms with van der Waals surface area (Å²) in [5.41, 5.74) is -0.823. The topological polar surface area (TPSA) is 78.1 Å². The highest BCUT2D eigenvalue weighted by Gasteiger charge is 2.32. The van der Waals surface area contributed by atoms with Gasteiger partial charge in [0, 0.05) is 19.2 Å². The fourth-order valence-electron chi connectivity index (χ4n) is 2.70. The minimum Gasteiger partial charge on any atom is -0.370 e. The monoisotopic (exact) mass is 352 g/mol. The van der Waals surface area contributed by atoms with Crippen LogP contribution in [0.2, 0.25) is 0 Å². The summed E-state index contributed by atoms with van der Waals surface area (Å²) in [5.74, 6) is -0.698. The van der Waals surface area contributed by atoms with Crippen LogP contribution in [0.5, 0.6) is 0 Å². The number of anilines is 2. The van der Waals surface area contributed by atoms with Gasteiger partial charge in [0.25, 0.3) is 11.5 Å². The number of halogens is 3. The number of aromatic nitrogens is 2. The first-order chi connectivity index (χ1) is 11.8. The number of rotatable bonds is 3. The van der Waals surface area contributed by atoms with Crippen LogP contribution < -0.4 is 15.8 Å². The Morgan fingerprint density at radius 3 is 2.48 bits per heavy atom. The molecule has 25 heavy (non-hydrogen) atoms. The summed E-state index contributed by atoms with van der Waals surface area (Å²) < 4.78 is 39.0. The van der Waals surface area contributed by atoms with Crippen molar-refractivity contribution in [3.05, 3.63) is 51.9 Å². The molecule has 132 valence electrons. The molecular formula is C16H15F3N4O2. The molecule has 2 heterocycles. The number of carbonyl (C=O) groups is 1. The molecule has 3 rings (SSSR count). The zero-order chi connectivity index (χ0) is 18.0. The maximum Gasteiger partial charge on any atom is 0.416 e. The predicted octanol–water partition coefficient (Wildman–Crippen LogP) is 2.64. The van der Waals surface area contributed by atoms with Gasteiger partial charge in [0.15, 0.2) is 0 Å². The highest BCUT2D eigenvalue weighted by molar-refractivity contribution is 6.04. The molecule has 1 aromatic carbocycles. The molecule has 9 heteroatoms. The fraction of sp³-hybridized carbons (Fsp3) is 0.312. The number of hydrogen-bond acceptors (Lipinski definition) is 4. The number of nitrogens with one attached hydrogen (secondary N) is 2. The minimum atomic E-state index is -4.51. The lowest BCUT2D eigenvalue weighted by molar-refractivity contribution is -0.137. The van der Waals surface area contributed by atoms with E-state index in [-0.39, 0.29) is 11.4 Å². The third-order valence-electron chi connectivity index (χ3n) is 3.93. The molecule has 0 aliphatic carbocycles. The van der Waals surface area contributed by atoms with Crippen molar-refractivity contribution in [3.8, 4) is 0 Å². The Bertz CT molecular complexity index is 822. The quantitative estimate of drug-likeness (QED) is 0.890. The molecule has 1 aromatic heterocycles. The molecule has 0 spiro atoms. The Morgan fingerprint density at radius 2 is 1.88 bits per heavy atom. The first kappa shape index (κ1) is 17.0. The third-order valence-corrected chi connectivity index (χ3v) is 3.93. The van der Waals surface area contributed by atoms with Crippen molar-refractivity contribution in [3.63, 3.8) is 0 Å². The molecule has 6 nitrogen and oxygen atoms in total. The van der Waals surface area contributed by atoms with Crippen molar-refractivity contribution >= 4 is 17.3 Å². The molecule has 0 saturated carbocycles. The molecule has 2 aromatic rings. The lowest BCUT2D eigenvalue weighted by Gasteiger charge is -2.22. The molecule has 0 radical (unpaired) electrons.